The average Bonchev–Trinajstić information content (AvgIpc) is 3.13. The molecule has 2 N–H and O–H groups in total. The van der Waals surface area contributed by atoms with Gasteiger partial charge in [0.15, 0.2) is 0 Å². The number of urea groups is 1. The molecule has 0 aromatic heterocycles. The number of hydrogen-bond acceptors (Lipinski definition) is 4. The van der Waals surface area contributed by atoms with Crippen LogP contribution in [0, 0.1) is 0 Å². The maximum Gasteiger partial charge on any atom is 0.326 e. The molecule has 3 aromatic carbocycles. The second-order valence-electron chi connectivity index (χ2n) is 8.96. The van der Waals surface area contributed by atoms with Gasteiger partial charge in [-0.3, -0.25) is 9.59 Å². The number of hydrogen-bond donors (Lipinski definition) is 2. The molecule has 4 amide bonds. The summed E-state index contributed by atoms with van der Waals surface area (Å²) in [7, 11) is 1.60. The van der Waals surface area contributed by atoms with Crippen molar-refractivity contribution in [2.24, 2.45) is 0 Å². The van der Waals surface area contributed by atoms with Crippen LogP contribution in [0.4, 0.5) is 10.5 Å². The Kier molecular flexibility index (Phi) is 5.76. The van der Waals surface area contributed by atoms with E-state index in [0.717, 1.165) is 40.0 Å². The number of aryl methyl sites for hydroxylation is 1. The van der Waals surface area contributed by atoms with E-state index in [1.807, 2.05) is 66.7 Å². The fraction of sp³-hybridized carbons (Fsp3) is 0.250. The minimum absolute atomic E-state index is 0.396. The van der Waals surface area contributed by atoms with Crippen molar-refractivity contribution < 1.29 is 19.1 Å². The van der Waals surface area contributed by atoms with Crippen LogP contribution in [-0.2, 0) is 21.5 Å². The number of ether oxygens (including phenoxy) is 1. The standard InChI is InChI=1S/C28H27N3O4/c1-18(25(32)29-24-13-7-6-12-22(24)19-9-4-3-5-10-19)31-26(33)28(30-27(31)34)16-8-11-20-17-21(35-2)14-15-23(20)28/h3-7,9-10,12-15,17-18H,8,11,16H2,1-2H3,(H,29,32)(H,30,34)/t18-,28-/m1/s1. The summed E-state index contributed by atoms with van der Waals surface area (Å²) in [5.41, 5.74) is 3.02. The highest BCUT2D eigenvalue weighted by Gasteiger charge is 2.56. The molecule has 0 radical (unpaired) electrons. The van der Waals surface area contributed by atoms with Gasteiger partial charge in [-0.25, -0.2) is 9.69 Å². The first kappa shape index (κ1) is 22.7. The highest BCUT2D eigenvalue weighted by atomic mass is 16.5. The molecule has 5 rings (SSSR count). The molecule has 35 heavy (non-hydrogen) atoms. The van der Waals surface area contributed by atoms with Crippen molar-refractivity contribution >= 4 is 23.5 Å². The largest absolute Gasteiger partial charge is 0.497 e. The molecule has 7 nitrogen and oxygen atoms in total. The fourth-order valence-corrected chi connectivity index (χ4v) is 5.11. The molecule has 1 saturated heterocycles. The third-order valence-electron chi connectivity index (χ3n) is 6.93. The van der Waals surface area contributed by atoms with E-state index in [0.29, 0.717) is 17.9 Å². The molecule has 7 heteroatoms. The summed E-state index contributed by atoms with van der Waals surface area (Å²) >= 11 is 0. The topological polar surface area (TPSA) is 87.7 Å². The molecule has 1 aliphatic carbocycles. The van der Waals surface area contributed by atoms with Crippen LogP contribution in [0.5, 0.6) is 5.75 Å². The van der Waals surface area contributed by atoms with Crippen LogP contribution in [0.25, 0.3) is 11.1 Å². The second-order valence-corrected chi connectivity index (χ2v) is 8.96. The number of methoxy groups -OCH3 is 1. The van der Waals surface area contributed by atoms with E-state index in [1.165, 1.54) is 0 Å². The number of para-hydroxylation sites is 1. The lowest BCUT2D eigenvalue weighted by Gasteiger charge is -2.34. The SMILES string of the molecule is COc1ccc2c(c1)CCC[C@@]21NC(=O)N([C@H](C)C(=O)Nc2ccccc2-c2ccccc2)C1=O. The predicted octanol–water partition coefficient (Wildman–Crippen LogP) is 4.47. The van der Waals surface area contributed by atoms with Crippen molar-refractivity contribution in [1.82, 2.24) is 10.2 Å². The van der Waals surface area contributed by atoms with Crippen LogP contribution in [0.2, 0.25) is 0 Å². The van der Waals surface area contributed by atoms with Crippen LogP contribution in [0.1, 0.15) is 30.9 Å². The fourth-order valence-electron chi connectivity index (χ4n) is 5.11. The quantitative estimate of drug-likeness (QED) is 0.540. The van der Waals surface area contributed by atoms with E-state index < -0.39 is 29.4 Å². The lowest BCUT2D eigenvalue weighted by atomic mass is 9.76. The Labute approximate surface area is 204 Å². The van der Waals surface area contributed by atoms with Crippen LogP contribution in [0.3, 0.4) is 0 Å². The van der Waals surface area contributed by atoms with Gasteiger partial charge in [0.2, 0.25) is 5.91 Å². The maximum absolute atomic E-state index is 13.7. The molecule has 3 aromatic rings. The van der Waals surface area contributed by atoms with Gasteiger partial charge in [0.1, 0.15) is 17.3 Å². The summed E-state index contributed by atoms with van der Waals surface area (Å²) < 4.78 is 5.33. The van der Waals surface area contributed by atoms with Gasteiger partial charge in [-0.05, 0) is 61.1 Å². The Morgan fingerprint density at radius 1 is 1.06 bits per heavy atom. The van der Waals surface area contributed by atoms with Crippen molar-refractivity contribution in [3.05, 3.63) is 83.9 Å². The van der Waals surface area contributed by atoms with Crippen LogP contribution in [0.15, 0.2) is 72.8 Å². The van der Waals surface area contributed by atoms with E-state index in [1.54, 1.807) is 20.1 Å². The third kappa shape index (κ3) is 3.83. The smallest absolute Gasteiger partial charge is 0.326 e. The van der Waals surface area contributed by atoms with E-state index in [2.05, 4.69) is 10.6 Å². The zero-order chi connectivity index (χ0) is 24.6. The summed E-state index contributed by atoms with van der Waals surface area (Å²) in [6.45, 7) is 1.58. The van der Waals surface area contributed by atoms with Gasteiger partial charge in [-0.15, -0.1) is 0 Å². The molecule has 0 bridgehead atoms. The molecular formula is C28H27N3O4. The Bertz CT molecular complexity index is 1310. The van der Waals surface area contributed by atoms with Crippen molar-refractivity contribution in [3.8, 4) is 16.9 Å². The number of anilines is 1. The van der Waals surface area contributed by atoms with Gasteiger partial charge < -0.3 is 15.4 Å². The van der Waals surface area contributed by atoms with Gasteiger partial charge in [-0.1, -0.05) is 54.6 Å². The molecule has 2 atom stereocenters. The number of carbonyl (C=O) groups is 3. The summed E-state index contributed by atoms with van der Waals surface area (Å²) in [5.74, 6) is -0.119. The first-order valence-electron chi connectivity index (χ1n) is 11.7. The van der Waals surface area contributed by atoms with Crippen molar-refractivity contribution in [3.63, 3.8) is 0 Å². The number of imide groups is 1. The van der Waals surface area contributed by atoms with Gasteiger partial charge >= 0.3 is 6.03 Å². The first-order chi connectivity index (χ1) is 16.9. The number of fused-ring (bicyclic) bond motifs is 2. The van der Waals surface area contributed by atoms with E-state index in [9.17, 15) is 14.4 Å². The minimum atomic E-state index is -1.16. The van der Waals surface area contributed by atoms with Crippen molar-refractivity contribution in [1.29, 1.82) is 0 Å². The highest BCUT2D eigenvalue weighted by molar-refractivity contribution is 6.12. The number of nitrogens with zero attached hydrogens (tertiary/aromatic N) is 1. The average molecular weight is 470 g/mol. The molecule has 2 aliphatic rings. The molecule has 0 unspecified atom stereocenters. The third-order valence-corrected chi connectivity index (χ3v) is 6.93. The van der Waals surface area contributed by atoms with Gasteiger partial charge in [-0.2, -0.15) is 0 Å². The Morgan fingerprint density at radius 3 is 2.57 bits per heavy atom. The summed E-state index contributed by atoms with van der Waals surface area (Å²) in [6, 6.07) is 21.2. The lowest BCUT2D eigenvalue weighted by molar-refractivity contribution is -0.137. The number of nitrogens with one attached hydrogen (secondary N) is 2. The van der Waals surface area contributed by atoms with Gasteiger partial charge in [0.05, 0.1) is 7.11 Å². The monoisotopic (exact) mass is 469 g/mol. The van der Waals surface area contributed by atoms with Crippen molar-refractivity contribution in [2.45, 2.75) is 37.8 Å². The Balaban J connectivity index is 1.41. The van der Waals surface area contributed by atoms with Crippen LogP contribution >= 0.6 is 0 Å². The van der Waals surface area contributed by atoms with Crippen molar-refractivity contribution in [2.75, 3.05) is 12.4 Å². The molecule has 1 heterocycles. The summed E-state index contributed by atoms with van der Waals surface area (Å²) in [6.07, 6.45) is 2.02. The molecule has 178 valence electrons. The molecule has 1 fully saturated rings. The summed E-state index contributed by atoms with van der Waals surface area (Å²) in [5, 5.41) is 5.84. The Morgan fingerprint density at radius 2 is 1.80 bits per heavy atom. The number of rotatable bonds is 5. The van der Waals surface area contributed by atoms with Crippen LogP contribution < -0.4 is 15.4 Å². The zero-order valence-electron chi connectivity index (χ0n) is 19.7. The normalized spacial score (nSPS) is 19.8. The molecule has 1 aliphatic heterocycles. The maximum atomic E-state index is 13.7. The molecule has 1 spiro atoms. The van der Waals surface area contributed by atoms with Crippen LogP contribution in [-0.4, -0.2) is 35.9 Å². The van der Waals surface area contributed by atoms with E-state index >= 15 is 0 Å². The zero-order valence-corrected chi connectivity index (χ0v) is 19.7. The lowest BCUT2D eigenvalue weighted by Crippen LogP contribution is -2.49. The first-order valence-corrected chi connectivity index (χ1v) is 11.7. The Hall–Kier alpha value is -4.13. The predicted molar refractivity (Wildman–Crippen MR) is 133 cm³/mol. The second kappa shape index (κ2) is 8.91. The van der Waals surface area contributed by atoms with Gasteiger partial charge in [0, 0.05) is 11.3 Å². The number of carbonyl (C=O) groups excluding carboxylic acids is 3. The molecular weight excluding hydrogens is 442 g/mol. The number of benzene rings is 3. The summed E-state index contributed by atoms with van der Waals surface area (Å²) in [4.78, 5) is 41.1. The van der Waals surface area contributed by atoms with Gasteiger partial charge in [0.25, 0.3) is 5.91 Å². The minimum Gasteiger partial charge on any atom is -0.497 e. The number of amides is 4. The molecule has 0 saturated carbocycles. The van der Waals surface area contributed by atoms with E-state index in [4.69, 9.17) is 4.74 Å². The highest BCUT2D eigenvalue weighted by Crippen LogP contribution is 2.41. The van der Waals surface area contributed by atoms with E-state index in [-0.39, 0.29) is 0 Å².